The molecule has 2 rings (SSSR count). The molecule has 4 heteroatoms. The molecule has 0 spiro atoms. The van der Waals surface area contributed by atoms with Crippen molar-refractivity contribution in [3.05, 3.63) is 11.9 Å². The largest absolute Gasteiger partial charge is 0.370 e. The molecule has 1 atom stereocenters. The topological polar surface area (TPSA) is 41.1 Å². The molecule has 0 bridgehead atoms. The van der Waals surface area contributed by atoms with Gasteiger partial charge in [0.05, 0.1) is 0 Å². The lowest BCUT2D eigenvalue weighted by Gasteiger charge is -2.27. The van der Waals surface area contributed by atoms with Gasteiger partial charge in [-0.2, -0.15) is 0 Å². The summed E-state index contributed by atoms with van der Waals surface area (Å²) in [5, 5.41) is 3.36. The van der Waals surface area contributed by atoms with Crippen LogP contribution in [0.25, 0.3) is 0 Å². The van der Waals surface area contributed by atoms with E-state index in [1.165, 1.54) is 18.4 Å². The van der Waals surface area contributed by atoms with Crippen LogP contribution in [-0.4, -0.2) is 29.1 Å². The van der Waals surface area contributed by atoms with Gasteiger partial charge >= 0.3 is 0 Å². The lowest BCUT2D eigenvalue weighted by atomic mass is 10.0. The van der Waals surface area contributed by atoms with Gasteiger partial charge in [-0.3, -0.25) is 0 Å². The SMILES string of the molecule is CCNc1ncnc(N2CCCC2C)c1C(C)C. The van der Waals surface area contributed by atoms with Crippen molar-refractivity contribution in [3.63, 3.8) is 0 Å². The summed E-state index contributed by atoms with van der Waals surface area (Å²) in [6.07, 6.45) is 4.21. The lowest BCUT2D eigenvalue weighted by molar-refractivity contribution is 0.714. The fourth-order valence-electron chi connectivity index (χ4n) is 2.70. The van der Waals surface area contributed by atoms with Crippen molar-refractivity contribution in [3.8, 4) is 0 Å². The molecule has 1 fully saturated rings. The quantitative estimate of drug-likeness (QED) is 0.889. The molecule has 2 heterocycles. The van der Waals surface area contributed by atoms with Crippen LogP contribution < -0.4 is 10.2 Å². The van der Waals surface area contributed by atoms with E-state index in [9.17, 15) is 0 Å². The van der Waals surface area contributed by atoms with Crippen molar-refractivity contribution in [2.75, 3.05) is 23.3 Å². The highest BCUT2D eigenvalue weighted by Crippen LogP contribution is 2.34. The van der Waals surface area contributed by atoms with Crippen molar-refractivity contribution in [1.82, 2.24) is 9.97 Å². The van der Waals surface area contributed by atoms with Crippen molar-refractivity contribution in [1.29, 1.82) is 0 Å². The van der Waals surface area contributed by atoms with Crippen LogP contribution in [-0.2, 0) is 0 Å². The molecule has 1 aliphatic rings. The standard InChI is InChI=1S/C14H24N4/c1-5-15-13-12(10(2)3)14(17-9-16-13)18-8-6-7-11(18)4/h9-11H,5-8H2,1-4H3,(H,15,16,17). The third kappa shape index (κ3) is 2.42. The molecule has 1 aromatic rings. The Morgan fingerprint density at radius 1 is 1.44 bits per heavy atom. The number of nitrogens with one attached hydrogen (secondary N) is 1. The molecule has 0 radical (unpaired) electrons. The highest BCUT2D eigenvalue weighted by atomic mass is 15.2. The Kier molecular flexibility index (Phi) is 4.04. The Hall–Kier alpha value is -1.32. The van der Waals surface area contributed by atoms with E-state index in [2.05, 4.69) is 47.9 Å². The summed E-state index contributed by atoms with van der Waals surface area (Å²) >= 11 is 0. The summed E-state index contributed by atoms with van der Waals surface area (Å²) in [4.78, 5) is 11.4. The van der Waals surface area contributed by atoms with Gasteiger partial charge in [-0.05, 0) is 32.6 Å². The third-order valence-electron chi connectivity index (χ3n) is 3.61. The van der Waals surface area contributed by atoms with E-state index in [4.69, 9.17) is 0 Å². The van der Waals surface area contributed by atoms with Crippen LogP contribution in [0.4, 0.5) is 11.6 Å². The summed E-state index contributed by atoms with van der Waals surface area (Å²) in [6.45, 7) is 10.8. The summed E-state index contributed by atoms with van der Waals surface area (Å²) < 4.78 is 0. The molecule has 4 nitrogen and oxygen atoms in total. The number of nitrogens with zero attached hydrogens (tertiary/aromatic N) is 3. The molecular weight excluding hydrogens is 224 g/mol. The number of hydrogen-bond acceptors (Lipinski definition) is 4. The summed E-state index contributed by atoms with van der Waals surface area (Å²) in [5.74, 6) is 2.56. The number of anilines is 2. The van der Waals surface area contributed by atoms with Crippen LogP contribution in [0.2, 0.25) is 0 Å². The van der Waals surface area contributed by atoms with Crippen molar-refractivity contribution < 1.29 is 0 Å². The Morgan fingerprint density at radius 2 is 2.22 bits per heavy atom. The van der Waals surface area contributed by atoms with Gasteiger partial charge in [0.1, 0.15) is 18.0 Å². The average molecular weight is 248 g/mol. The maximum atomic E-state index is 4.55. The first-order valence-electron chi connectivity index (χ1n) is 7.00. The predicted molar refractivity (Wildman–Crippen MR) is 76.3 cm³/mol. The molecule has 18 heavy (non-hydrogen) atoms. The van der Waals surface area contributed by atoms with E-state index in [1.807, 2.05) is 0 Å². The predicted octanol–water partition coefficient (Wildman–Crippen LogP) is 3.02. The number of hydrogen-bond donors (Lipinski definition) is 1. The van der Waals surface area contributed by atoms with Crippen LogP contribution >= 0.6 is 0 Å². The van der Waals surface area contributed by atoms with E-state index < -0.39 is 0 Å². The third-order valence-corrected chi connectivity index (χ3v) is 3.61. The fraction of sp³-hybridized carbons (Fsp3) is 0.714. The molecule has 0 aliphatic carbocycles. The van der Waals surface area contributed by atoms with Gasteiger partial charge in [0.25, 0.3) is 0 Å². The van der Waals surface area contributed by atoms with Gasteiger partial charge < -0.3 is 10.2 Å². The van der Waals surface area contributed by atoms with E-state index in [1.54, 1.807) is 6.33 Å². The first-order valence-corrected chi connectivity index (χ1v) is 7.00. The summed E-state index contributed by atoms with van der Waals surface area (Å²) in [5.41, 5.74) is 1.26. The smallest absolute Gasteiger partial charge is 0.137 e. The molecule has 1 N–H and O–H groups in total. The molecule has 100 valence electrons. The zero-order chi connectivity index (χ0) is 13.1. The lowest BCUT2D eigenvalue weighted by Crippen LogP contribution is -2.29. The van der Waals surface area contributed by atoms with Gasteiger partial charge in [0.2, 0.25) is 0 Å². The fourth-order valence-corrected chi connectivity index (χ4v) is 2.70. The Balaban J connectivity index is 2.42. The molecule has 1 saturated heterocycles. The van der Waals surface area contributed by atoms with Crippen LogP contribution in [0, 0.1) is 0 Å². The van der Waals surface area contributed by atoms with Crippen molar-refractivity contribution in [2.24, 2.45) is 0 Å². The molecule has 1 unspecified atom stereocenters. The monoisotopic (exact) mass is 248 g/mol. The second kappa shape index (κ2) is 5.55. The maximum Gasteiger partial charge on any atom is 0.137 e. The first kappa shape index (κ1) is 13.1. The van der Waals surface area contributed by atoms with E-state index in [-0.39, 0.29) is 0 Å². The highest BCUT2D eigenvalue weighted by Gasteiger charge is 2.26. The van der Waals surface area contributed by atoms with Crippen LogP contribution in [0.15, 0.2) is 6.33 Å². The zero-order valence-electron chi connectivity index (χ0n) is 11.9. The minimum absolute atomic E-state index is 0.433. The number of aromatic nitrogens is 2. The van der Waals surface area contributed by atoms with Crippen molar-refractivity contribution in [2.45, 2.75) is 52.5 Å². The maximum absolute atomic E-state index is 4.55. The molecule has 1 aromatic heterocycles. The highest BCUT2D eigenvalue weighted by molar-refractivity contribution is 5.61. The molecular formula is C14H24N4. The Morgan fingerprint density at radius 3 is 2.78 bits per heavy atom. The molecule has 0 amide bonds. The van der Waals surface area contributed by atoms with E-state index in [0.717, 1.165) is 24.7 Å². The summed E-state index contributed by atoms with van der Waals surface area (Å²) in [6, 6.07) is 0.590. The molecule has 0 aromatic carbocycles. The van der Waals surface area contributed by atoms with Crippen LogP contribution in [0.1, 0.15) is 52.0 Å². The Labute approximate surface area is 110 Å². The minimum atomic E-state index is 0.433. The van der Waals surface area contributed by atoms with Gasteiger partial charge in [-0.15, -0.1) is 0 Å². The average Bonchev–Trinajstić information content (AvgIpc) is 2.75. The van der Waals surface area contributed by atoms with Crippen LogP contribution in [0.3, 0.4) is 0 Å². The molecule has 1 aliphatic heterocycles. The van der Waals surface area contributed by atoms with Gasteiger partial charge in [-0.1, -0.05) is 13.8 Å². The van der Waals surface area contributed by atoms with Gasteiger partial charge in [-0.25, -0.2) is 9.97 Å². The normalized spacial score (nSPS) is 19.6. The van der Waals surface area contributed by atoms with Gasteiger partial charge in [0, 0.05) is 24.7 Å². The second-order valence-electron chi connectivity index (χ2n) is 5.33. The Bertz CT molecular complexity index is 403. The first-order chi connectivity index (χ1) is 8.65. The molecule has 0 saturated carbocycles. The zero-order valence-corrected chi connectivity index (χ0v) is 11.9. The van der Waals surface area contributed by atoms with Crippen LogP contribution in [0.5, 0.6) is 0 Å². The van der Waals surface area contributed by atoms with Gasteiger partial charge in [0.15, 0.2) is 0 Å². The minimum Gasteiger partial charge on any atom is -0.370 e. The van der Waals surface area contributed by atoms with E-state index >= 15 is 0 Å². The second-order valence-corrected chi connectivity index (χ2v) is 5.33. The van der Waals surface area contributed by atoms with E-state index in [0.29, 0.717) is 12.0 Å². The summed E-state index contributed by atoms with van der Waals surface area (Å²) in [7, 11) is 0. The van der Waals surface area contributed by atoms with Crippen molar-refractivity contribution >= 4 is 11.6 Å². The number of rotatable bonds is 4.